The molecule has 0 N–H and O–H groups in total. The van der Waals surface area contributed by atoms with Crippen molar-refractivity contribution in [3.8, 4) is 5.75 Å². The number of hydrogen-bond acceptors (Lipinski definition) is 1. The Morgan fingerprint density at radius 3 is 2.26 bits per heavy atom. The minimum Gasteiger partial charge on any atom is -0.488 e. The molecule has 0 aliphatic heterocycles. The maximum absolute atomic E-state index is 13.5. The van der Waals surface area contributed by atoms with Crippen molar-refractivity contribution in [1.82, 2.24) is 0 Å². The van der Waals surface area contributed by atoms with Crippen molar-refractivity contribution in [2.24, 2.45) is 0 Å². The first-order valence-corrected chi connectivity index (χ1v) is 6.80. The summed E-state index contributed by atoms with van der Waals surface area (Å²) in [5.41, 5.74) is 1.15. The van der Waals surface area contributed by atoms with E-state index in [2.05, 4.69) is 0 Å². The molecule has 0 heterocycles. The molecule has 19 heavy (non-hydrogen) atoms. The summed E-state index contributed by atoms with van der Waals surface area (Å²) in [7, 11) is 0. The number of benzene rings is 2. The lowest BCUT2D eigenvalue weighted by Gasteiger charge is -2.11. The molecule has 2 aromatic carbocycles. The van der Waals surface area contributed by atoms with E-state index in [1.54, 1.807) is 18.2 Å². The van der Waals surface area contributed by atoms with Crippen LogP contribution in [-0.2, 0) is 12.5 Å². The van der Waals surface area contributed by atoms with Gasteiger partial charge in [0, 0.05) is 21.2 Å². The Morgan fingerprint density at radius 1 is 0.947 bits per heavy atom. The molecule has 0 unspecified atom stereocenters. The van der Waals surface area contributed by atoms with Crippen LogP contribution in [0.2, 0.25) is 10.0 Å². The van der Waals surface area contributed by atoms with Crippen molar-refractivity contribution in [2.75, 3.05) is 0 Å². The molecule has 0 saturated heterocycles. The van der Waals surface area contributed by atoms with Gasteiger partial charge in [-0.05, 0) is 36.4 Å². The maximum Gasteiger partial charge on any atom is 0.129 e. The zero-order valence-corrected chi connectivity index (χ0v) is 12.1. The fraction of sp³-hybridized carbons (Fsp3) is 0.143. The van der Waals surface area contributed by atoms with Gasteiger partial charge < -0.3 is 4.74 Å². The van der Waals surface area contributed by atoms with Crippen LogP contribution in [-0.4, -0.2) is 0 Å². The first-order valence-electron chi connectivity index (χ1n) is 5.51. The molecule has 2 aromatic rings. The first-order chi connectivity index (χ1) is 9.10. The Kier molecular flexibility index (Phi) is 4.92. The molecule has 0 radical (unpaired) electrons. The van der Waals surface area contributed by atoms with Crippen LogP contribution >= 0.6 is 34.8 Å². The van der Waals surface area contributed by atoms with Gasteiger partial charge in [-0.1, -0.05) is 23.2 Å². The highest BCUT2D eigenvalue weighted by atomic mass is 35.5. The highest BCUT2D eigenvalue weighted by Gasteiger charge is 2.07. The predicted octanol–water partition coefficient (Wildman–Crippen LogP) is 5.45. The quantitative estimate of drug-likeness (QED) is 0.681. The SMILES string of the molecule is Fc1ccc(Cl)cc1COc1ccc(Cl)cc1CCl. The summed E-state index contributed by atoms with van der Waals surface area (Å²) in [6, 6.07) is 9.47. The average molecular weight is 320 g/mol. The van der Waals surface area contributed by atoms with Gasteiger partial charge in [0.2, 0.25) is 0 Å². The lowest BCUT2D eigenvalue weighted by molar-refractivity contribution is 0.297. The van der Waals surface area contributed by atoms with Gasteiger partial charge in [-0.2, -0.15) is 0 Å². The molecule has 0 bridgehead atoms. The second-order valence-corrected chi connectivity index (χ2v) is 5.05. The Morgan fingerprint density at radius 2 is 1.58 bits per heavy atom. The van der Waals surface area contributed by atoms with Crippen LogP contribution in [0.1, 0.15) is 11.1 Å². The topological polar surface area (TPSA) is 9.23 Å². The van der Waals surface area contributed by atoms with E-state index >= 15 is 0 Å². The van der Waals surface area contributed by atoms with Gasteiger partial charge >= 0.3 is 0 Å². The minimum absolute atomic E-state index is 0.0813. The summed E-state index contributed by atoms with van der Waals surface area (Å²) >= 11 is 17.5. The molecule has 0 amide bonds. The number of hydrogen-bond donors (Lipinski definition) is 0. The van der Waals surface area contributed by atoms with E-state index < -0.39 is 0 Å². The second kappa shape index (κ2) is 6.47. The van der Waals surface area contributed by atoms with Gasteiger partial charge in [0.05, 0.1) is 5.88 Å². The maximum atomic E-state index is 13.5. The van der Waals surface area contributed by atoms with Gasteiger partial charge in [-0.15, -0.1) is 11.6 Å². The van der Waals surface area contributed by atoms with Crippen molar-refractivity contribution in [1.29, 1.82) is 0 Å². The lowest BCUT2D eigenvalue weighted by atomic mass is 10.2. The molecule has 0 aliphatic carbocycles. The Bertz CT molecular complexity index is 587. The standard InChI is InChI=1S/C14H10Cl3FO/c15-7-9-5-12(17)2-4-14(9)19-8-10-6-11(16)1-3-13(10)18/h1-6H,7-8H2. The third-order valence-corrected chi connectivity index (χ3v) is 3.32. The van der Waals surface area contributed by atoms with Gasteiger partial charge in [0.1, 0.15) is 18.2 Å². The second-order valence-electron chi connectivity index (χ2n) is 3.91. The predicted molar refractivity (Wildman–Crippen MR) is 76.8 cm³/mol. The van der Waals surface area contributed by atoms with E-state index in [4.69, 9.17) is 39.5 Å². The number of halogens is 4. The van der Waals surface area contributed by atoms with Crippen LogP contribution in [0.5, 0.6) is 5.75 Å². The van der Waals surface area contributed by atoms with Gasteiger partial charge in [-0.3, -0.25) is 0 Å². The van der Waals surface area contributed by atoms with Gasteiger partial charge in [-0.25, -0.2) is 4.39 Å². The zero-order valence-electron chi connectivity index (χ0n) is 9.80. The zero-order chi connectivity index (χ0) is 13.8. The third kappa shape index (κ3) is 3.75. The van der Waals surface area contributed by atoms with Crippen molar-refractivity contribution in [3.05, 3.63) is 63.4 Å². The van der Waals surface area contributed by atoms with E-state index in [1.165, 1.54) is 18.2 Å². The highest BCUT2D eigenvalue weighted by molar-refractivity contribution is 6.31. The van der Waals surface area contributed by atoms with Gasteiger partial charge in [0.15, 0.2) is 0 Å². The molecule has 2 rings (SSSR count). The Balaban J connectivity index is 2.16. The minimum atomic E-state index is -0.356. The summed E-state index contributed by atoms with van der Waals surface area (Å²) in [6.45, 7) is 0.0813. The van der Waals surface area contributed by atoms with Crippen LogP contribution in [0.15, 0.2) is 36.4 Å². The fourth-order valence-electron chi connectivity index (χ4n) is 1.60. The van der Waals surface area contributed by atoms with E-state index in [0.29, 0.717) is 21.4 Å². The van der Waals surface area contributed by atoms with Crippen molar-refractivity contribution >= 4 is 34.8 Å². The monoisotopic (exact) mass is 318 g/mol. The average Bonchev–Trinajstić information content (AvgIpc) is 2.40. The smallest absolute Gasteiger partial charge is 0.129 e. The number of alkyl halides is 1. The molecule has 0 aliphatic rings. The van der Waals surface area contributed by atoms with Crippen molar-refractivity contribution in [3.63, 3.8) is 0 Å². The largest absolute Gasteiger partial charge is 0.488 e. The molecular formula is C14H10Cl3FO. The molecule has 5 heteroatoms. The summed E-state index contributed by atoms with van der Waals surface area (Å²) in [5, 5.41) is 1.05. The summed E-state index contributed by atoms with van der Waals surface area (Å²) < 4.78 is 19.1. The van der Waals surface area contributed by atoms with Gasteiger partial charge in [0.25, 0.3) is 0 Å². The van der Waals surface area contributed by atoms with Crippen LogP contribution in [0.3, 0.4) is 0 Å². The molecule has 0 atom stereocenters. The number of ether oxygens (including phenoxy) is 1. The molecule has 0 aromatic heterocycles. The molecule has 0 spiro atoms. The fourth-order valence-corrected chi connectivity index (χ4v) is 2.20. The van der Waals surface area contributed by atoms with E-state index in [-0.39, 0.29) is 18.3 Å². The van der Waals surface area contributed by atoms with Crippen molar-refractivity contribution in [2.45, 2.75) is 12.5 Å². The number of rotatable bonds is 4. The summed E-state index contributed by atoms with van der Waals surface area (Å²) in [5.74, 6) is 0.498. The highest BCUT2D eigenvalue weighted by Crippen LogP contribution is 2.26. The normalized spacial score (nSPS) is 10.5. The van der Waals surface area contributed by atoms with Crippen LogP contribution in [0.25, 0.3) is 0 Å². The van der Waals surface area contributed by atoms with Crippen LogP contribution < -0.4 is 4.74 Å². The lowest BCUT2D eigenvalue weighted by Crippen LogP contribution is -2.00. The molecule has 1 nitrogen and oxygen atoms in total. The first kappa shape index (κ1) is 14.4. The summed E-state index contributed by atoms with van der Waals surface area (Å²) in [6.07, 6.45) is 0. The van der Waals surface area contributed by atoms with E-state index in [9.17, 15) is 4.39 Å². The molecular weight excluding hydrogens is 310 g/mol. The Hall–Kier alpha value is -0.960. The molecule has 0 fully saturated rings. The molecule has 0 saturated carbocycles. The van der Waals surface area contributed by atoms with Crippen LogP contribution in [0.4, 0.5) is 4.39 Å². The van der Waals surface area contributed by atoms with E-state index in [0.717, 1.165) is 5.56 Å². The Labute approximate surface area is 125 Å². The van der Waals surface area contributed by atoms with Crippen molar-refractivity contribution < 1.29 is 9.13 Å². The van der Waals surface area contributed by atoms with E-state index in [1.807, 2.05) is 0 Å². The molecule has 100 valence electrons. The summed E-state index contributed by atoms with van der Waals surface area (Å²) in [4.78, 5) is 0. The third-order valence-electron chi connectivity index (χ3n) is 2.56. The van der Waals surface area contributed by atoms with Crippen LogP contribution in [0, 0.1) is 5.82 Å².